The van der Waals surface area contributed by atoms with E-state index in [2.05, 4.69) is 27.9 Å². The molecule has 1 fully saturated rings. The van der Waals surface area contributed by atoms with Gasteiger partial charge in [-0.2, -0.15) is 0 Å². The molecular weight excluding hydrogens is 313 g/mol. The summed E-state index contributed by atoms with van der Waals surface area (Å²) in [5.74, 6) is 0.872. The molecule has 0 unspecified atom stereocenters. The van der Waals surface area contributed by atoms with Crippen LogP contribution in [0.5, 0.6) is 0 Å². The summed E-state index contributed by atoms with van der Waals surface area (Å²) in [5, 5.41) is 3.32. The molecule has 2 nitrogen and oxygen atoms in total. The van der Waals surface area contributed by atoms with Gasteiger partial charge in [0.05, 0.1) is 0 Å². The zero-order chi connectivity index (χ0) is 11.4. The van der Waals surface area contributed by atoms with Gasteiger partial charge in [-0.05, 0) is 66.6 Å². The van der Waals surface area contributed by atoms with Gasteiger partial charge in [0.15, 0.2) is 5.78 Å². The molecule has 1 heterocycles. The molecule has 1 aromatic carbocycles. The Morgan fingerprint density at radius 3 is 2.81 bits per heavy atom. The van der Waals surface area contributed by atoms with Crippen LogP contribution in [0.1, 0.15) is 29.6 Å². The summed E-state index contributed by atoms with van der Waals surface area (Å²) in [6, 6.07) is 7.87. The van der Waals surface area contributed by atoms with Crippen molar-refractivity contribution in [1.82, 2.24) is 5.32 Å². The first kappa shape index (κ1) is 12.0. The van der Waals surface area contributed by atoms with Crippen molar-refractivity contribution in [1.29, 1.82) is 0 Å². The number of ketones is 1. The second kappa shape index (κ2) is 5.77. The Kier molecular flexibility index (Phi) is 4.35. The minimum Gasteiger partial charge on any atom is -0.317 e. The van der Waals surface area contributed by atoms with E-state index in [1.165, 1.54) is 0 Å². The van der Waals surface area contributed by atoms with E-state index in [0.717, 1.165) is 35.1 Å². The Morgan fingerprint density at radius 1 is 1.38 bits per heavy atom. The maximum atomic E-state index is 12.0. The summed E-state index contributed by atoms with van der Waals surface area (Å²) < 4.78 is 1.13. The number of carbonyl (C=O) groups is 1. The molecule has 86 valence electrons. The molecule has 0 spiro atoms. The summed E-state index contributed by atoms with van der Waals surface area (Å²) in [6.45, 7) is 2.12. The highest BCUT2D eigenvalue weighted by atomic mass is 127. The number of benzene rings is 1. The summed E-state index contributed by atoms with van der Waals surface area (Å²) >= 11 is 2.25. The van der Waals surface area contributed by atoms with Crippen LogP contribution in [0.25, 0.3) is 0 Å². The van der Waals surface area contributed by atoms with Gasteiger partial charge in [-0.25, -0.2) is 0 Å². The fourth-order valence-electron chi connectivity index (χ4n) is 2.13. The Labute approximate surface area is 110 Å². The number of nitrogens with one attached hydrogen (secondary N) is 1. The van der Waals surface area contributed by atoms with Crippen LogP contribution < -0.4 is 5.32 Å². The number of Topliss-reactive ketones (excluding diaryl/α,β-unsaturated/α-hetero) is 1. The Bertz CT molecular complexity index is 372. The molecule has 3 heteroatoms. The third-order valence-electron chi connectivity index (χ3n) is 3.08. The fraction of sp³-hybridized carbons (Fsp3) is 0.462. The van der Waals surface area contributed by atoms with Crippen molar-refractivity contribution in [2.24, 2.45) is 5.92 Å². The molecule has 0 saturated carbocycles. The smallest absolute Gasteiger partial charge is 0.163 e. The van der Waals surface area contributed by atoms with Crippen molar-refractivity contribution >= 4 is 28.4 Å². The first-order valence-electron chi connectivity index (χ1n) is 5.75. The lowest BCUT2D eigenvalue weighted by molar-refractivity contribution is 0.0952. The van der Waals surface area contributed by atoms with Gasteiger partial charge in [-0.15, -0.1) is 0 Å². The maximum absolute atomic E-state index is 12.0. The molecule has 2 rings (SSSR count). The summed E-state index contributed by atoms with van der Waals surface area (Å²) in [7, 11) is 0. The van der Waals surface area contributed by atoms with Gasteiger partial charge in [0.2, 0.25) is 0 Å². The number of hydrogen-bond donors (Lipinski definition) is 1. The first-order chi connectivity index (χ1) is 7.75. The standard InChI is InChI=1S/C13H16INO/c14-12-3-1-2-11(9-12)13(16)8-10-4-6-15-7-5-10/h1-3,9-10,15H,4-8H2. The van der Waals surface area contributed by atoms with Gasteiger partial charge >= 0.3 is 0 Å². The van der Waals surface area contributed by atoms with Crippen molar-refractivity contribution in [3.63, 3.8) is 0 Å². The lowest BCUT2D eigenvalue weighted by Gasteiger charge is -2.21. The predicted molar refractivity (Wildman–Crippen MR) is 73.7 cm³/mol. The topological polar surface area (TPSA) is 29.1 Å². The van der Waals surface area contributed by atoms with Crippen molar-refractivity contribution in [2.45, 2.75) is 19.3 Å². The van der Waals surface area contributed by atoms with Crippen LogP contribution >= 0.6 is 22.6 Å². The van der Waals surface area contributed by atoms with Crippen molar-refractivity contribution in [3.8, 4) is 0 Å². The van der Waals surface area contributed by atoms with Crippen LogP contribution in [0, 0.1) is 9.49 Å². The normalized spacial score (nSPS) is 17.3. The van der Waals surface area contributed by atoms with Crippen LogP contribution in [0.4, 0.5) is 0 Å². The number of rotatable bonds is 3. The van der Waals surface area contributed by atoms with E-state index in [4.69, 9.17) is 0 Å². The van der Waals surface area contributed by atoms with Crippen LogP contribution in [-0.2, 0) is 0 Å². The minimum absolute atomic E-state index is 0.297. The highest BCUT2D eigenvalue weighted by Gasteiger charge is 2.17. The Balaban J connectivity index is 1.97. The molecule has 0 radical (unpaired) electrons. The molecule has 0 bridgehead atoms. The second-order valence-corrected chi connectivity index (χ2v) is 5.58. The van der Waals surface area contributed by atoms with E-state index in [-0.39, 0.29) is 0 Å². The van der Waals surface area contributed by atoms with E-state index in [1.807, 2.05) is 24.3 Å². The molecule has 0 amide bonds. The molecule has 0 atom stereocenters. The van der Waals surface area contributed by atoms with E-state index in [0.29, 0.717) is 18.1 Å². The maximum Gasteiger partial charge on any atom is 0.163 e. The second-order valence-electron chi connectivity index (χ2n) is 4.33. The molecule has 1 aromatic rings. The van der Waals surface area contributed by atoms with E-state index in [1.54, 1.807) is 0 Å². The van der Waals surface area contributed by atoms with Crippen LogP contribution in [0.2, 0.25) is 0 Å². The minimum atomic E-state index is 0.297. The fourth-order valence-corrected chi connectivity index (χ4v) is 2.67. The van der Waals surface area contributed by atoms with Gasteiger partial charge in [0.1, 0.15) is 0 Å². The van der Waals surface area contributed by atoms with Gasteiger partial charge in [-0.1, -0.05) is 12.1 Å². The third kappa shape index (κ3) is 3.28. The largest absolute Gasteiger partial charge is 0.317 e. The molecular formula is C13H16INO. The van der Waals surface area contributed by atoms with Gasteiger partial charge in [0, 0.05) is 15.6 Å². The van der Waals surface area contributed by atoms with E-state index >= 15 is 0 Å². The predicted octanol–water partition coefficient (Wildman–Crippen LogP) is 2.86. The molecule has 16 heavy (non-hydrogen) atoms. The Morgan fingerprint density at radius 2 is 2.12 bits per heavy atom. The first-order valence-corrected chi connectivity index (χ1v) is 6.83. The van der Waals surface area contributed by atoms with Crippen LogP contribution in [0.3, 0.4) is 0 Å². The zero-order valence-electron chi connectivity index (χ0n) is 9.21. The summed E-state index contributed by atoms with van der Waals surface area (Å²) in [5.41, 5.74) is 0.866. The summed E-state index contributed by atoms with van der Waals surface area (Å²) in [4.78, 5) is 12.0. The molecule has 1 N–H and O–H groups in total. The van der Waals surface area contributed by atoms with Gasteiger partial charge in [0.25, 0.3) is 0 Å². The van der Waals surface area contributed by atoms with E-state index in [9.17, 15) is 4.79 Å². The highest BCUT2D eigenvalue weighted by molar-refractivity contribution is 14.1. The number of carbonyl (C=O) groups excluding carboxylic acids is 1. The monoisotopic (exact) mass is 329 g/mol. The lowest BCUT2D eigenvalue weighted by Crippen LogP contribution is -2.28. The SMILES string of the molecule is O=C(CC1CCNCC1)c1cccc(I)c1. The molecule has 0 aliphatic carbocycles. The number of halogens is 1. The van der Waals surface area contributed by atoms with Gasteiger partial charge in [-0.3, -0.25) is 4.79 Å². The molecule has 0 aromatic heterocycles. The zero-order valence-corrected chi connectivity index (χ0v) is 11.4. The van der Waals surface area contributed by atoms with E-state index < -0.39 is 0 Å². The third-order valence-corrected chi connectivity index (χ3v) is 3.75. The molecule has 1 saturated heterocycles. The highest BCUT2D eigenvalue weighted by Crippen LogP contribution is 2.19. The van der Waals surface area contributed by atoms with Gasteiger partial charge < -0.3 is 5.32 Å². The molecule has 1 aliphatic rings. The lowest BCUT2D eigenvalue weighted by atomic mass is 9.91. The number of hydrogen-bond acceptors (Lipinski definition) is 2. The van der Waals surface area contributed by atoms with Crippen molar-refractivity contribution in [2.75, 3.05) is 13.1 Å². The average Bonchev–Trinajstić information content (AvgIpc) is 2.30. The average molecular weight is 329 g/mol. The Hall–Kier alpha value is -0.420. The van der Waals surface area contributed by atoms with Crippen LogP contribution in [-0.4, -0.2) is 18.9 Å². The number of piperidine rings is 1. The van der Waals surface area contributed by atoms with Crippen molar-refractivity contribution in [3.05, 3.63) is 33.4 Å². The quantitative estimate of drug-likeness (QED) is 0.682. The van der Waals surface area contributed by atoms with Crippen LogP contribution in [0.15, 0.2) is 24.3 Å². The summed E-state index contributed by atoms with van der Waals surface area (Å²) in [6.07, 6.45) is 2.98. The molecule has 1 aliphatic heterocycles. The van der Waals surface area contributed by atoms with Crippen molar-refractivity contribution < 1.29 is 4.79 Å².